The standard InChI is InChI=1S/C29H36N4O7S2/c1-19-16-33(20(2)18-34)27(35)15-21-14-23(31-42(37,38)28-6-5-13-41-28)9-12-25(21)40-26(19)17-32(3)29(36)30-22-7-10-24(39-4)11-8-22/h5-14,19-20,26,31,34H,15-18H2,1-4H3,(H,30,36)/t19-,20-,26+/m1/s1. The Morgan fingerprint density at radius 1 is 1.21 bits per heavy atom. The summed E-state index contributed by atoms with van der Waals surface area (Å²) in [6.07, 6.45) is -0.579. The molecule has 3 atom stereocenters. The van der Waals surface area contributed by atoms with Gasteiger partial charge in [-0.05, 0) is 60.8 Å². The minimum absolute atomic E-state index is 0.0541. The van der Waals surface area contributed by atoms with E-state index in [-0.39, 0.29) is 41.6 Å². The molecule has 0 bridgehead atoms. The van der Waals surface area contributed by atoms with Crippen molar-refractivity contribution in [2.45, 2.75) is 36.6 Å². The molecular formula is C29H36N4O7S2. The van der Waals surface area contributed by atoms with Gasteiger partial charge in [0.2, 0.25) is 5.91 Å². The third kappa shape index (κ3) is 7.52. The molecule has 13 heteroatoms. The number of carbonyl (C=O) groups is 2. The molecular weight excluding hydrogens is 580 g/mol. The molecule has 42 heavy (non-hydrogen) atoms. The molecule has 3 N–H and O–H groups in total. The second-order valence-corrected chi connectivity index (χ2v) is 13.1. The molecule has 0 unspecified atom stereocenters. The summed E-state index contributed by atoms with van der Waals surface area (Å²) in [7, 11) is -0.571. The van der Waals surface area contributed by atoms with Gasteiger partial charge in [0.25, 0.3) is 10.0 Å². The number of nitrogens with zero attached hydrogens (tertiary/aromatic N) is 2. The highest BCUT2D eigenvalue weighted by molar-refractivity contribution is 7.94. The van der Waals surface area contributed by atoms with E-state index in [1.54, 1.807) is 79.9 Å². The fourth-order valence-corrected chi connectivity index (χ4v) is 6.62. The third-order valence-corrected chi connectivity index (χ3v) is 9.85. The maximum absolute atomic E-state index is 13.4. The quantitative estimate of drug-likeness (QED) is 0.332. The predicted molar refractivity (Wildman–Crippen MR) is 162 cm³/mol. The molecule has 226 valence electrons. The zero-order valence-corrected chi connectivity index (χ0v) is 25.6. The number of aliphatic hydroxyl groups is 1. The molecule has 1 aliphatic heterocycles. The lowest BCUT2D eigenvalue weighted by Crippen LogP contribution is -2.48. The SMILES string of the molecule is COc1ccc(NC(=O)N(C)C[C@@H]2Oc3ccc(NS(=O)(=O)c4cccs4)cc3CC(=O)N([C@H](C)CO)C[C@H]2C)cc1. The number of fused-ring (bicyclic) bond motifs is 1. The molecule has 0 radical (unpaired) electrons. The van der Waals surface area contributed by atoms with E-state index in [0.717, 1.165) is 11.3 Å². The van der Waals surface area contributed by atoms with Gasteiger partial charge in [0.05, 0.1) is 32.7 Å². The van der Waals surface area contributed by atoms with Crippen LogP contribution in [0.2, 0.25) is 0 Å². The summed E-state index contributed by atoms with van der Waals surface area (Å²) in [6.45, 7) is 3.97. The molecule has 11 nitrogen and oxygen atoms in total. The number of benzene rings is 2. The number of hydrogen-bond acceptors (Lipinski definition) is 8. The minimum Gasteiger partial charge on any atom is -0.497 e. The van der Waals surface area contributed by atoms with Gasteiger partial charge in [-0.15, -0.1) is 11.3 Å². The first kappa shape index (κ1) is 31.1. The Labute approximate surface area is 250 Å². The van der Waals surface area contributed by atoms with E-state index in [0.29, 0.717) is 35.0 Å². The van der Waals surface area contributed by atoms with Gasteiger partial charge in [0.15, 0.2) is 0 Å². The average molecular weight is 617 g/mol. The second-order valence-electron chi connectivity index (χ2n) is 10.3. The fourth-order valence-electron chi connectivity index (χ4n) is 4.58. The van der Waals surface area contributed by atoms with Crippen molar-refractivity contribution in [3.8, 4) is 11.5 Å². The van der Waals surface area contributed by atoms with Crippen LogP contribution in [0.15, 0.2) is 64.2 Å². The van der Waals surface area contributed by atoms with Gasteiger partial charge >= 0.3 is 6.03 Å². The van der Waals surface area contributed by atoms with Crippen LogP contribution in [-0.4, -0.2) is 81.3 Å². The summed E-state index contributed by atoms with van der Waals surface area (Å²) >= 11 is 1.10. The summed E-state index contributed by atoms with van der Waals surface area (Å²) in [5, 5.41) is 14.4. The van der Waals surface area contributed by atoms with Crippen LogP contribution in [0.1, 0.15) is 19.4 Å². The minimum atomic E-state index is -3.80. The molecule has 0 spiro atoms. The van der Waals surface area contributed by atoms with Crippen LogP contribution in [0.25, 0.3) is 0 Å². The van der Waals surface area contributed by atoms with Crippen LogP contribution < -0.4 is 19.5 Å². The van der Waals surface area contributed by atoms with Gasteiger partial charge in [0.1, 0.15) is 21.8 Å². The Hall–Kier alpha value is -3.81. The number of amides is 3. The number of rotatable bonds is 9. The maximum Gasteiger partial charge on any atom is 0.321 e. The number of sulfonamides is 1. The highest BCUT2D eigenvalue weighted by Gasteiger charge is 2.32. The van der Waals surface area contributed by atoms with Crippen molar-refractivity contribution in [2.24, 2.45) is 5.92 Å². The lowest BCUT2D eigenvalue weighted by molar-refractivity contribution is -0.134. The summed E-state index contributed by atoms with van der Waals surface area (Å²) in [4.78, 5) is 29.6. The molecule has 1 aromatic heterocycles. The molecule has 0 fully saturated rings. The van der Waals surface area contributed by atoms with Crippen molar-refractivity contribution in [1.29, 1.82) is 0 Å². The molecule has 0 saturated carbocycles. The van der Waals surface area contributed by atoms with Crippen molar-refractivity contribution >= 4 is 44.7 Å². The number of anilines is 2. The lowest BCUT2D eigenvalue weighted by atomic mass is 10.0. The molecule has 4 rings (SSSR count). The van der Waals surface area contributed by atoms with Crippen molar-refractivity contribution in [3.05, 3.63) is 65.5 Å². The zero-order valence-electron chi connectivity index (χ0n) is 23.9. The predicted octanol–water partition coefficient (Wildman–Crippen LogP) is 3.87. The van der Waals surface area contributed by atoms with Crippen LogP contribution in [0.5, 0.6) is 11.5 Å². The van der Waals surface area contributed by atoms with Gasteiger partial charge in [-0.25, -0.2) is 13.2 Å². The van der Waals surface area contributed by atoms with Gasteiger partial charge in [-0.3, -0.25) is 9.52 Å². The van der Waals surface area contributed by atoms with E-state index in [2.05, 4.69) is 10.0 Å². The Morgan fingerprint density at radius 2 is 1.93 bits per heavy atom. The number of hydrogen-bond donors (Lipinski definition) is 3. The molecule has 3 aromatic rings. The molecule has 0 saturated heterocycles. The second kappa shape index (κ2) is 13.4. The van der Waals surface area contributed by atoms with Gasteiger partial charge in [-0.2, -0.15) is 0 Å². The maximum atomic E-state index is 13.4. The Bertz CT molecular complexity index is 1480. The highest BCUT2D eigenvalue weighted by Crippen LogP contribution is 2.30. The third-order valence-electron chi connectivity index (χ3n) is 7.07. The van der Waals surface area contributed by atoms with Crippen molar-refractivity contribution in [1.82, 2.24) is 9.80 Å². The van der Waals surface area contributed by atoms with Gasteiger partial charge < -0.3 is 29.7 Å². The fraction of sp³-hybridized carbons (Fsp3) is 0.379. The first-order valence-corrected chi connectivity index (χ1v) is 15.8. The van der Waals surface area contributed by atoms with Crippen LogP contribution in [0.3, 0.4) is 0 Å². The lowest BCUT2D eigenvalue weighted by Gasteiger charge is -2.34. The van der Waals surface area contributed by atoms with Gasteiger partial charge in [-0.1, -0.05) is 13.0 Å². The summed E-state index contributed by atoms with van der Waals surface area (Å²) < 4.78 is 40.0. The van der Waals surface area contributed by atoms with E-state index in [1.165, 1.54) is 11.0 Å². The number of thiophene rings is 1. The number of carbonyl (C=O) groups excluding carboxylic acids is 2. The number of ether oxygens (including phenoxy) is 2. The zero-order chi connectivity index (χ0) is 30.4. The van der Waals surface area contributed by atoms with Crippen LogP contribution in [0.4, 0.5) is 16.2 Å². The van der Waals surface area contributed by atoms with Crippen molar-refractivity contribution in [3.63, 3.8) is 0 Å². The normalized spacial score (nSPS) is 18.0. The molecule has 1 aliphatic rings. The number of nitrogens with one attached hydrogen (secondary N) is 2. The average Bonchev–Trinajstić information content (AvgIpc) is 3.53. The number of methoxy groups -OCH3 is 1. The van der Waals surface area contributed by atoms with Crippen molar-refractivity contribution < 1.29 is 32.6 Å². The van der Waals surface area contributed by atoms with Gasteiger partial charge in [0, 0.05) is 36.4 Å². The Balaban J connectivity index is 1.59. The molecule has 0 aliphatic carbocycles. The molecule has 2 heterocycles. The summed E-state index contributed by atoms with van der Waals surface area (Å²) in [5.74, 6) is 0.646. The van der Waals surface area contributed by atoms with E-state index < -0.39 is 22.2 Å². The number of urea groups is 1. The monoisotopic (exact) mass is 616 g/mol. The summed E-state index contributed by atoms with van der Waals surface area (Å²) in [6, 6.07) is 14.2. The number of aliphatic hydroxyl groups excluding tert-OH is 1. The van der Waals surface area contributed by atoms with E-state index in [4.69, 9.17) is 9.47 Å². The first-order valence-electron chi connectivity index (χ1n) is 13.4. The van der Waals surface area contributed by atoms with E-state index in [1.807, 2.05) is 6.92 Å². The largest absolute Gasteiger partial charge is 0.497 e. The van der Waals surface area contributed by atoms with Crippen LogP contribution in [0, 0.1) is 5.92 Å². The number of likely N-dealkylation sites (N-methyl/N-ethyl adjacent to an activating group) is 1. The Morgan fingerprint density at radius 3 is 2.57 bits per heavy atom. The van der Waals surface area contributed by atoms with E-state index in [9.17, 15) is 23.1 Å². The van der Waals surface area contributed by atoms with E-state index >= 15 is 0 Å². The highest BCUT2D eigenvalue weighted by atomic mass is 32.2. The van der Waals surface area contributed by atoms with Crippen LogP contribution >= 0.6 is 11.3 Å². The van der Waals surface area contributed by atoms with Crippen LogP contribution in [-0.2, 0) is 21.2 Å². The molecule has 2 aromatic carbocycles. The van der Waals surface area contributed by atoms with Crippen molar-refractivity contribution in [2.75, 3.05) is 43.9 Å². The topological polar surface area (TPSA) is 138 Å². The first-order chi connectivity index (χ1) is 20.0. The smallest absolute Gasteiger partial charge is 0.321 e. The summed E-state index contributed by atoms with van der Waals surface area (Å²) in [5.41, 5.74) is 1.39. The molecule has 3 amide bonds. The Kier molecular flexibility index (Phi) is 9.97.